The van der Waals surface area contributed by atoms with Crippen LogP contribution in [0, 0.1) is 0 Å². The molecule has 28 heavy (non-hydrogen) atoms. The molecule has 3 nitrogen and oxygen atoms in total. The Bertz CT molecular complexity index is 1220. The first-order valence-electron chi connectivity index (χ1n) is 8.44. The van der Waals surface area contributed by atoms with E-state index in [4.69, 9.17) is 33.4 Å². The molecule has 4 rings (SSSR count). The number of carbonyl (C=O) groups excluding carboxylic acids is 1. The number of hydrogen-bond acceptors (Lipinski definition) is 4. The summed E-state index contributed by atoms with van der Waals surface area (Å²) < 4.78 is 5.85. The number of nitrogen functional groups attached to an aromatic ring is 1. The van der Waals surface area contributed by atoms with Gasteiger partial charge in [-0.25, -0.2) is 0 Å². The average Bonchev–Trinajstić information content (AvgIpc) is 3.03. The Morgan fingerprint density at radius 1 is 1.00 bits per heavy atom. The van der Waals surface area contributed by atoms with Gasteiger partial charge in [0.15, 0.2) is 5.76 Å². The summed E-state index contributed by atoms with van der Waals surface area (Å²) >= 11 is 13.8. The number of anilines is 1. The number of halogens is 2. The maximum absolute atomic E-state index is 12.9. The summed E-state index contributed by atoms with van der Waals surface area (Å²) in [6.45, 7) is 0. The first-order chi connectivity index (χ1) is 13.5. The van der Waals surface area contributed by atoms with E-state index >= 15 is 0 Å². The van der Waals surface area contributed by atoms with Gasteiger partial charge in [-0.3, -0.25) is 4.79 Å². The Kier molecular flexibility index (Phi) is 5.11. The zero-order valence-corrected chi connectivity index (χ0v) is 17.2. The van der Waals surface area contributed by atoms with Gasteiger partial charge >= 0.3 is 0 Å². The molecule has 0 aliphatic heterocycles. The predicted octanol–water partition coefficient (Wildman–Crippen LogP) is 6.94. The van der Waals surface area contributed by atoms with Crippen LogP contribution in [0.4, 0.5) is 5.69 Å². The van der Waals surface area contributed by atoms with E-state index in [0.29, 0.717) is 27.2 Å². The number of hydrogen-bond donors (Lipinski definition) is 1. The van der Waals surface area contributed by atoms with Crippen LogP contribution in [0.5, 0.6) is 0 Å². The van der Waals surface area contributed by atoms with E-state index in [0.717, 1.165) is 11.1 Å². The summed E-state index contributed by atoms with van der Waals surface area (Å²) in [7, 11) is 0. The molecule has 0 saturated heterocycles. The Morgan fingerprint density at radius 3 is 2.54 bits per heavy atom. The van der Waals surface area contributed by atoms with Crippen molar-refractivity contribution in [1.82, 2.24) is 0 Å². The first-order valence-corrected chi connectivity index (χ1v) is 10.4. The highest BCUT2D eigenvalue weighted by molar-refractivity contribution is 7.98. The standard InChI is InChI=1S/C22H15Cl2NO2S/c1-28-15-4-2-3-12(9-15)13-5-7-17-19(10-13)27-22(20(17)25)21(26)16-8-6-14(23)11-18(16)24/h2-11H,25H2,1H3. The highest BCUT2D eigenvalue weighted by Gasteiger charge is 2.22. The number of thioether (sulfide) groups is 1. The number of benzene rings is 3. The van der Waals surface area contributed by atoms with Gasteiger partial charge in [0.2, 0.25) is 5.78 Å². The molecule has 1 aromatic heterocycles. The van der Waals surface area contributed by atoms with Gasteiger partial charge in [-0.15, -0.1) is 11.8 Å². The molecule has 0 saturated carbocycles. The van der Waals surface area contributed by atoms with E-state index in [1.54, 1.807) is 23.9 Å². The summed E-state index contributed by atoms with van der Waals surface area (Å²) in [5, 5.41) is 1.40. The summed E-state index contributed by atoms with van der Waals surface area (Å²) in [5.74, 6) is -0.296. The van der Waals surface area contributed by atoms with Crippen molar-refractivity contribution in [2.75, 3.05) is 12.0 Å². The van der Waals surface area contributed by atoms with Crippen LogP contribution in [-0.2, 0) is 0 Å². The first kappa shape index (κ1) is 18.9. The number of nitrogens with two attached hydrogens (primary N) is 1. The molecule has 4 aromatic rings. The highest BCUT2D eigenvalue weighted by atomic mass is 35.5. The molecule has 0 radical (unpaired) electrons. The maximum Gasteiger partial charge on any atom is 0.231 e. The minimum atomic E-state index is -0.374. The molecule has 3 aromatic carbocycles. The van der Waals surface area contributed by atoms with Gasteiger partial charge in [-0.2, -0.15) is 0 Å². The van der Waals surface area contributed by atoms with Crippen molar-refractivity contribution in [2.45, 2.75) is 4.90 Å². The smallest absolute Gasteiger partial charge is 0.231 e. The molecule has 0 aliphatic carbocycles. The number of furan rings is 1. The Morgan fingerprint density at radius 2 is 1.79 bits per heavy atom. The van der Waals surface area contributed by atoms with E-state index in [9.17, 15) is 4.79 Å². The van der Waals surface area contributed by atoms with Crippen molar-refractivity contribution in [1.29, 1.82) is 0 Å². The second-order valence-electron chi connectivity index (χ2n) is 6.24. The Hall–Kier alpha value is -2.40. The topological polar surface area (TPSA) is 56.2 Å². The minimum Gasteiger partial charge on any atom is -0.450 e. The van der Waals surface area contributed by atoms with Crippen LogP contribution in [-0.4, -0.2) is 12.0 Å². The van der Waals surface area contributed by atoms with Crippen LogP contribution in [0.1, 0.15) is 16.1 Å². The van der Waals surface area contributed by atoms with Crippen molar-refractivity contribution < 1.29 is 9.21 Å². The largest absolute Gasteiger partial charge is 0.450 e. The molecule has 2 N–H and O–H groups in total. The summed E-state index contributed by atoms with van der Waals surface area (Å²) in [4.78, 5) is 14.1. The van der Waals surface area contributed by atoms with E-state index in [1.165, 1.54) is 11.0 Å². The molecular formula is C22H15Cl2NO2S. The van der Waals surface area contributed by atoms with E-state index < -0.39 is 0 Å². The summed E-state index contributed by atoms with van der Waals surface area (Å²) in [6, 6.07) is 18.6. The molecule has 0 amide bonds. The number of rotatable bonds is 4. The Balaban J connectivity index is 1.79. The SMILES string of the molecule is CSc1cccc(-c2ccc3c(N)c(C(=O)c4ccc(Cl)cc4Cl)oc3c2)c1. The van der Waals surface area contributed by atoms with Crippen LogP contribution in [0.25, 0.3) is 22.1 Å². The van der Waals surface area contributed by atoms with E-state index in [-0.39, 0.29) is 16.6 Å². The molecule has 0 bridgehead atoms. The Labute approximate surface area is 176 Å². The van der Waals surface area contributed by atoms with Gasteiger partial charge < -0.3 is 10.2 Å². The molecule has 1 heterocycles. The van der Waals surface area contributed by atoms with E-state index in [1.807, 2.05) is 36.6 Å². The fourth-order valence-electron chi connectivity index (χ4n) is 3.06. The monoisotopic (exact) mass is 427 g/mol. The van der Waals surface area contributed by atoms with Crippen LogP contribution >= 0.6 is 35.0 Å². The summed E-state index contributed by atoms with van der Waals surface area (Å²) in [6.07, 6.45) is 2.04. The molecular weight excluding hydrogens is 413 g/mol. The zero-order chi connectivity index (χ0) is 19.8. The molecule has 140 valence electrons. The fraction of sp³-hybridized carbons (Fsp3) is 0.0455. The number of carbonyl (C=O) groups is 1. The van der Waals surface area contributed by atoms with Gasteiger partial charge in [0.05, 0.1) is 10.7 Å². The number of ketones is 1. The van der Waals surface area contributed by atoms with Crippen molar-refractivity contribution >= 4 is 57.4 Å². The molecule has 0 unspecified atom stereocenters. The fourth-order valence-corrected chi connectivity index (χ4v) is 4.02. The molecule has 0 atom stereocenters. The number of fused-ring (bicyclic) bond motifs is 1. The average molecular weight is 428 g/mol. The van der Waals surface area contributed by atoms with Crippen LogP contribution in [0.15, 0.2) is 70.0 Å². The molecule has 0 spiro atoms. The lowest BCUT2D eigenvalue weighted by atomic mass is 10.0. The van der Waals surface area contributed by atoms with Gasteiger partial charge in [0.1, 0.15) is 5.58 Å². The zero-order valence-electron chi connectivity index (χ0n) is 14.8. The van der Waals surface area contributed by atoms with Crippen LogP contribution in [0.2, 0.25) is 10.0 Å². The third kappa shape index (κ3) is 3.39. The van der Waals surface area contributed by atoms with E-state index in [2.05, 4.69) is 12.1 Å². The van der Waals surface area contributed by atoms with Gasteiger partial charge in [-0.1, -0.05) is 41.4 Å². The minimum absolute atomic E-state index is 0.0780. The second-order valence-corrected chi connectivity index (χ2v) is 7.96. The third-order valence-electron chi connectivity index (χ3n) is 4.51. The van der Waals surface area contributed by atoms with Crippen molar-refractivity contribution in [3.63, 3.8) is 0 Å². The lowest BCUT2D eigenvalue weighted by Crippen LogP contribution is -2.03. The van der Waals surface area contributed by atoms with Crippen molar-refractivity contribution in [2.24, 2.45) is 0 Å². The normalized spacial score (nSPS) is 11.1. The second kappa shape index (κ2) is 7.55. The molecule has 0 aliphatic rings. The van der Waals surface area contributed by atoms with Crippen LogP contribution in [0.3, 0.4) is 0 Å². The van der Waals surface area contributed by atoms with Gasteiger partial charge in [0, 0.05) is 20.9 Å². The van der Waals surface area contributed by atoms with Crippen LogP contribution < -0.4 is 5.73 Å². The van der Waals surface area contributed by atoms with Crippen molar-refractivity contribution in [3.8, 4) is 11.1 Å². The predicted molar refractivity (Wildman–Crippen MR) is 118 cm³/mol. The van der Waals surface area contributed by atoms with Crippen molar-refractivity contribution in [3.05, 3.63) is 82.0 Å². The molecule has 6 heteroatoms. The van der Waals surface area contributed by atoms with Gasteiger partial charge in [0.25, 0.3) is 0 Å². The van der Waals surface area contributed by atoms with Gasteiger partial charge in [-0.05, 0) is 59.8 Å². The quantitative estimate of drug-likeness (QED) is 0.283. The third-order valence-corrected chi connectivity index (χ3v) is 5.79. The highest BCUT2D eigenvalue weighted by Crippen LogP contribution is 2.35. The summed E-state index contributed by atoms with van der Waals surface area (Å²) in [5.41, 5.74) is 9.41. The maximum atomic E-state index is 12.9. The lowest BCUT2D eigenvalue weighted by Gasteiger charge is -2.03. The lowest BCUT2D eigenvalue weighted by molar-refractivity contribution is 0.101. The molecule has 0 fully saturated rings.